The first-order chi connectivity index (χ1) is 7.78. The molecule has 0 aromatic carbocycles. The van der Waals surface area contributed by atoms with Crippen LogP contribution in [0.25, 0.3) is 0 Å². The quantitative estimate of drug-likeness (QED) is 0.817. The van der Waals surface area contributed by atoms with Crippen molar-refractivity contribution in [3.63, 3.8) is 0 Å². The Bertz CT molecular complexity index is 470. The Kier molecular flexibility index (Phi) is 3.48. The number of aromatic nitrogens is 3. The number of pyridine rings is 1. The molecule has 2 aromatic heterocycles. The summed E-state index contributed by atoms with van der Waals surface area (Å²) in [6, 6.07) is 5.77. The molecule has 0 spiro atoms. The monoisotopic (exact) mass is 232 g/mol. The summed E-state index contributed by atoms with van der Waals surface area (Å²) in [7, 11) is 0. The highest BCUT2D eigenvalue weighted by Gasteiger charge is 2.01. The third-order valence-corrected chi connectivity index (χ3v) is 2.85. The number of nitrogens with zero attached hydrogens (tertiary/aromatic N) is 3. The molecule has 0 bridgehead atoms. The number of hydrogen-bond acceptors (Lipinski definition) is 5. The van der Waals surface area contributed by atoms with Crippen LogP contribution in [0.2, 0.25) is 0 Å². The molecule has 2 heterocycles. The van der Waals surface area contributed by atoms with Crippen molar-refractivity contribution >= 4 is 11.8 Å². The van der Waals surface area contributed by atoms with Crippen LogP contribution in [-0.4, -0.2) is 15.0 Å². The van der Waals surface area contributed by atoms with Crippen molar-refractivity contribution in [2.75, 3.05) is 0 Å². The van der Waals surface area contributed by atoms with Crippen LogP contribution >= 0.6 is 11.8 Å². The fourth-order valence-corrected chi connectivity index (χ4v) is 1.93. The lowest BCUT2D eigenvalue weighted by Crippen LogP contribution is -1.98. The van der Waals surface area contributed by atoms with Gasteiger partial charge in [0.05, 0.1) is 5.69 Å². The maximum Gasteiger partial charge on any atom is 0.192 e. The van der Waals surface area contributed by atoms with Gasteiger partial charge in [-0.3, -0.25) is 4.98 Å². The summed E-state index contributed by atoms with van der Waals surface area (Å²) in [6.07, 6.45) is 3.55. The normalized spacial score (nSPS) is 10.4. The minimum atomic E-state index is 0.464. The van der Waals surface area contributed by atoms with Gasteiger partial charge in [0.15, 0.2) is 5.16 Å². The van der Waals surface area contributed by atoms with Crippen molar-refractivity contribution in [1.29, 1.82) is 0 Å². The van der Waals surface area contributed by atoms with Crippen molar-refractivity contribution in [1.82, 2.24) is 15.0 Å². The van der Waals surface area contributed by atoms with E-state index in [-0.39, 0.29) is 0 Å². The third kappa shape index (κ3) is 2.77. The summed E-state index contributed by atoms with van der Waals surface area (Å²) >= 11 is 1.50. The Morgan fingerprint density at radius 3 is 2.75 bits per heavy atom. The van der Waals surface area contributed by atoms with E-state index in [9.17, 15) is 0 Å². The molecular formula is C11H12N4S. The standard InChI is InChI=1S/C11H12N4S/c1-8-4-5-13-11(15-8)16-10-3-2-9(6-12)14-7-10/h2-5,7H,6,12H2,1H3. The van der Waals surface area contributed by atoms with Crippen LogP contribution in [0, 0.1) is 6.92 Å². The molecule has 4 nitrogen and oxygen atoms in total. The van der Waals surface area contributed by atoms with Crippen LogP contribution in [0.3, 0.4) is 0 Å². The van der Waals surface area contributed by atoms with E-state index in [0.29, 0.717) is 6.54 Å². The van der Waals surface area contributed by atoms with E-state index in [1.54, 1.807) is 12.4 Å². The van der Waals surface area contributed by atoms with Crippen LogP contribution in [0.4, 0.5) is 0 Å². The largest absolute Gasteiger partial charge is 0.325 e. The second-order valence-electron chi connectivity index (χ2n) is 3.27. The second kappa shape index (κ2) is 5.05. The van der Waals surface area contributed by atoms with E-state index < -0.39 is 0 Å². The summed E-state index contributed by atoms with van der Waals surface area (Å²) in [5.74, 6) is 0. The van der Waals surface area contributed by atoms with Crippen molar-refractivity contribution in [2.24, 2.45) is 5.73 Å². The van der Waals surface area contributed by atoms with Gasteiger partial charge in [0.25, 0.3) is 0 Å². The van der Waals surface area contributed by atoms with E-state index in [2.05, 4.69) is 15.0 Å². The van der Waals surface area contributed by atoms with Crippen LogP contribution in [0.1, 0.15) is 11.4 Å². The second-order valence-corrected chi connectivity index (χ2v) is 4.31. The number of nitrogens with two attached hydrogens (primary N) is 1. The molecule has 2 aromatic rings. The Hall–Kier alpha value is -1.46. The van der Waals surface area contributed by atoms with Crippen molar-refractivity contribution in [3.05, 3.63) is 42.0 Å². The first-order valence-corrected chi connectivity index (χ1v) is 5.72. The number of aryl methyl sites for hydroxylation is 1. The maximum atomic E-state index is 5.48. The molecule has 0 aliphatic rings. The van der Waals surface area contributed by atoms with Gasteiger partial charge in [0.1, 0.15) is 0 Å². The van der Waals surface area contributed by atoms with Crippen LogP contribution in [0.5, 0.6) is 0 Å². The Morgan fingerprint density at radius 2 is 2.12 bits per heavy atom. The molecule has 0 radical (unpaired) electrons. The van der Waals surface area contributed by atoms with Crippen LogP contribution in [-0.2, 0) is 6.54 Å². The maximum absolute atomic E-state index is 5.48. The van der Waals surface area contributed by atoms with Crippen molar-refractivity contribution in [3.8, 4) is 0 Å². The zero-order chi connectivity index (χ0) is 11.4. The summed E-state index contributed by atoms with van der Waals surface area (Å²) in [6.45, 7) is 2.41. The summed E-state index contributed by atoms with van der Waals surface area (Å²) in [5.41, 5.74) is 7.32. The van der Waals surface area contributed by atoms with Crippen molar-refractivity contribution < 1.29 is 0 Å². The highest BCUT2D eigenvalue weighted by molar-refractivity contribution is 7.99. The molecule has 0 amide bonds. The number of rotatable bonds is 3. The molecule has 82 valence electrons. The Balaban J connectivity index is 2.14. The molecule has 2 rings (SSSR count). The molecular weight excluding hydrogens is 220 g/mol. The summed E-state index contributed by atoms with van der Waals surface area (Å²) in [4.78, 5) is 13.7. The fourth-order valence-electron chi connectivity index (χ4n) is 1.17. The van der Waals surface area contributed by atoms with Gasteiger partial charge in [-0.2, -0.15) is 0 Å². The lowest BCUT2D eigenvalue weighted by atomic mass is 10.4. The van der Waals surface area contributed by atoms with Gasteiger partial charge < -0.3 is 5.73 Å². The SMILES string of the molecule is Cc1ccnc(Sc2ccc(CN)nc2)n1. The van der Waals surface area contributed by atoms with E-state index >= 15 is 0 Å². The molecule has 0 aliphatic heterocycles. The Morgan fingerprint density at radius 1 is 1.25 bits per heavy atom. The lowest BCUT2D eigenvalue weighted by Gasteiger charge is -2.01. The molecule has 0 atom stereocenters. The van der Waals surface area contributed by atoms with Crippen molar-refractivity contribution in [2.45, 2.75) is 23.5 Å². The highest BCUT2D eigenvalue weighted by atomic mass is 32.2. The average molecular weight is 232 g/mol. The van der Waals surface area contributed by atoms with Gasteiger partial charge in [-0.05, 0) is 36.9 Å². The summed E-state index contributed by atoms with van der Waals surface area (Å²) < 4.78 is 0. The third-order valence-electron chi connectivity index (χ3n) is 1.99. The van der Waals surface area contributed by atoms with Crippen LogP contribution in [0.15, 0.2) is 40.6 Å². The molecule has 16 heavy (non-hydrogen) atoms. The van der Waals surface area contributed by atoms with Gasteiger partial charge in [-0.15, -0.1) is 0 Å². The van der Waals surface area contributed by atoms with Crippen LogP contribution < -0.4 is 5.73 Å². The predicted molar refractivity (Wildman–Crippen MR) is 63.0 cm³/mol. The van der Waals surface area contributed by atoms with Gasteiger partial charge in [-0.25, -0.2) is 9.97 Å². The highest BCUT2D eigenvalue weighted by Crippen LogP contribution is 2.23. The molecule has 2 N–H and O–H groups in total. The first kappa shape index (κ1) is 11.0. The minimum Gasteiger partial charge on any atom is -0.325 e. The van der Waals surface area contributed by atoms with E-state index in [0.717, 1.165) is 21.4 Å². The zero-order valence-electron chi connectivity index (χ0n) is 8.92. The average Bonchev–Trinajstić information content (AvgIpc) is 2.30. The van der Waals surface area contributed by atoms with E-state index in [4.69, 9.17) is 5.73 Å². The molecule has 0 saturated carbocycles. The minimum absolute atomic E-state index is 0.464. The zero-order valence-corrected chi connectivity index (χ0v) is 9.74. The van der Waals surface area contributed by atoms with Gasteiger partial charge >= 0.3 is 0 Å². The van der Waals surface area contributed by atoms with Gasteiger partial charge in [0, 0.05) is 29.5 Å². The van der Waals surface area contributed by atoms with Gasteiger partial charge in [0.2, 0.25) is 0 Å². The number of hydrogen-bond donors (Lipinski definition) is 1. The fraction of sp³-hybridized carbons (Fsp3) is 0.182. The molecule has 0 saturated heterocycles. The molecule has 0 unspecified atom stereocenters. The lowest BCUT2D eigenvalue weighted by molar-refractivity contribution is 0.929. The molecule has 0 fully saturated rings. The molecule has 5 heteroatoms. The smallest absolute Gasteiger partial charge is 0.192 e. The Labute approximate surface area is 98.3 Å². The predicted octanol–water partition coefficient (Wildman–Crippen LogP) is 1.79. The first-order valence-electron chi connectivity index (χ1n) is 4.90. The van der Waals surface area contributed by atoms with E-state index in [1.165, 1.54) is 11.8 Å². The van der Waals surface area contributed by atoms with E-state index in [1.807, 2.05) is 25.1 Å². The molecule has 0 aliphatic carbocycles. The topological polar surface area (TPSA) is 64.7 Å². The summed E-state index contributed by atoms with van der Waals surface area (Å²) in [5, 5.41) is 0.738. The van der Waals surface area contributed by atoms with Gasteiger partial charge in [-0.1, -0.05) is 0 Å².